The fraction of sp³-hybridized carbons (Fsp3) is 0.688. The van der Waals surface area contributed by atoms with Crippen LogP contribution in [0.25, 0.3) is 0 Å². The van der Waals surface area contributed by atoms with Gasteiger partial charge in [0.1, 0.15) is 0 Å². The van der Waals surface area contributed by atoms with E-state index in [1.54, 1.807) is 13.0 Å². The number of rotatable bonds is 14. The summed E-state index contributed by atoms with van der Waals surface area (Å²) in [5, 5.41) is 12.0. The van der Waals surface area contributed by atoms with Crippen LogP contribution in [0.2, 0.25) is 0 Å². The first-order valence-corrected chi connectivity index (χ1v) is 12.4. The number of carbonyl (C=O) groups is 3. The molecule has 162 valence electrons. The van der Waals surface area contributed by atoms with E-state index in [2.05, 4.69) is 10.6 Å². The largest absolute Gasteiger partial charge is 0.481 e. The Kier molecular flexibility index (Phi) is 12.5. The number of aliphatic carboxylic acids is 1. The van der Waals surface area contributed by atoms with Crippen molar-refractivity contribution in [3.8, 4) is 0 Å². The molecule has 1 atom stereocenters. The third-order valence-electron chi connectivity index (χ3n) is 3.38. The van der Waals surface area contributed by atoms with Gasteiger partial charge in [-0.05, 0) is 39.7 Å². The molecule has 0 heterocycles. The monoisotopic (exact) mass is 456 g/mol. The summed E-state index contributed by atoms with van der Waals surface area (Å²) in [7, 11) is -1.85. The molecule has 0 aromatic carbocycles. The molecule has 0 radical (unpaired) electrons. The van der Waals surface area contributed by atoms with Crippen molar-refractivity contribution < 1.29 is 32.5 Å². The van der Waals surface area contributed by atoms with E-state index in [1.165, 1.54) is 27.7 Å². The maximum absolute atomic E-state index is 12.1. The van der Waals surface area contributed by atoms with Crippen LogP contribution in [0, 0.1) is 0 Å². The lowest BCUT2D eigenvalue weighted by Gasteiger charge is -2.22. The number of nitrogens with one attached hydrogen (secondary N) is 2. The summed E-state index contributed by atoms with van der Waals surface area (Å²) in [4.78, 5) is 34.0. The van der Waals surface area contributed by atoms with Crippen molar-refractivity contribution in [3.05, 3.63) is 12.2 Å². The number of hydrogen-bond donors (Lipinski definition) is 4. The summed E-state index contributed by atoms with van der Waals surface area (Å²) in [6.45, 7) is 5.58. The highest BCUT2D eigenvalue weighted by atomic mass is 33.1. The molecule has 1 unspecified atom stereocenters. The standard InChI is InChI=1S/C16H28N2O7S3/c1-4-5-13(19)17-9-10-18-15(22)12(28(23,24)25)7-11-26-27-16(2,3)8-6-14(20)21/h4-5,12H,6-11H2,1-3H3,(H,17,19)(H,18,22)(H,20,21)(H,23,24,25)/b5-4-. The first kappa shape index (κ1) is 26.8. The molecule has 4 N–H and O–H groups in total. The predicted molar refractivity (Wildman–Crippen MR) is 112 cm³/mol. The number of carboxylic acids is 1. The van der Waals surface area contributed by atoms with Gasteiger partial charge < -0.3 is 15.7 Å². The normalized spacial score (nSPS) is 13.3. The number of hydrogen-bond acceptors (Lipinski definition) is 7. The summed E-state index contributed by atoms with van der Waals surface area (Å²) in [6, 6.07) is 0. The van der Waals surface area contributed by atoms with Gasteiger partial charge in [-0.25, -0.2) is 0 Å². The molecule has 0 spiro atoms. The third-order valence-corrected chi connectivity index (χ3v) is 7.93. The van der Waals surface area contributed by atoms with Gasteiger partial charge in [-0.3, -0.25) is 18.9 Å². The summed E-state index contributed by atoms with van der Waals surface area (Å²) in [5.41, 5.74) is 0. The van der Waals surface area contributed by atoms with Crippen LogP contribution in [0.15, 0.2) is 12.2 Å². The van der Waals surface area contributed by atoms with Crippen LogP contribution in [-0.4, -0.2) is 64.7 Å². The van der Waals surface area contributed by atoms with Gasteiger partial charge in [-0.15, -0.1) is 0 Å². The van der Waals surface area contributed by atoms with E-state index in [0.29, 0.717) is 6.42 Å². The Morgan fingerprint density at radius 1 is 1.18 bits per heavy atom. The van der Waals surface area contributed by atoms with E-state index in [9.17, 15) is 27.4 Å². The van der Waals surface area contributed by atoms with Crippen molar-refractivity contribution in [2.24, 2.45) is 0 Å². The fourth-order valence-electron chi connectivity index (χ4n) is 1.92. The average Bonchev–Trinajstić information content (AvgIpc) is 2.56. The summed E-state index contributed by atoms with van der Waals surface area (Å²) in [5.74, 6) is -1.78. The zero-order chi connectivity index (χ0) is 21.8. The van der Waals surface area contributed by atoms with E-state index < -0.39 is 27.2 Å². The van der Waals surface area contributed by atoms with Crippen molar-refractivity contribution in [3.63, 3.8) is 0 Å². The summed E-state index contributed by atoms with van der Waals surface area (Å²) in [6.07, 6.45) is 3.25. The molecule has 2 amide bonds. The highest BCUT2D eigenvalue weighted by Gasteiger charge is 2.31. The van der Waals surface area contributed by atoms with Crippen LogP contribution in [0.1, 0.15) is 40.0 Å². The second-order valence-corrected chi connectivity index (χ2v) is 11.2. The molecular formula is C16H28N2O7S3. The molecule has 0 aromatic rings. The van der Waals surface area contributed by atoms with Crippen molar-refractivity contribution >= 4 is 49.5 Å². The molecule has 0 bridgehead atoms. The van der Waals surface area contributed by atoms with Gasteiger partial charge >= 0.3 is 5.97 Å². The Hall–Kier alpha value is -1.24. The predicted octanol–water partition coefficient (Wildman–Crippen LogP) is 1.47. The molecule has 0 aliphatic carbocycles. The maximum Gasteiger partial charge on any atom is 0.303 e. The minimum absolute atomic E-state index is 0.0261. The van der Waals surface area contributed by atoms with Gasteiger partial charge in [-0.2, -0.15) is 8.42 Å². The molecule has 0 aliphatic heterocycles. The second kappa shape index (κ2) is 13.1. The quantitative estimate of drug-likeness (QED) is 0.132. The Labute approximate surface area is 173 Å². The molecule has 12 heteroatoms. The molecular weight excluding hydrogens is 428 g/mol. The third kappa shape index (κ3) is 13.0. The Morgan fingerprint density at radius 2 is 1.79 bits per heavy atom. The SMILES string of the molecule is C/C=C\C(=O)NCCNC(=O)C(CCSSC(C)(C)CCC(=O)O)S(=O)(=O)O. The summed E-state index contributed by atoms with van der Waals surface area (Å²) < 4.78 is 32.0. The topological polar surface area (TPSA) is 150 Å². The highest BCUT2D eigenvalue weighted by Crippen LogP contribution is 2.39. The molecule has 28 heavy (non-hydrogen) atoms. The van der Waals surface area contributed by atoms with Gasteiger partial charge in [0.2, 0.25) is 11.8 Å². The van der Waals surface area contributed by atoms with Crippen molar-refractivity contribution in [2.75, 3.05) is 18.8 Å². The zero-order valence-electron chi connectivity index (χ0n) is 16.1. The average molecular weight is 457 g/mol. The highest BCUT2D eigenvalue weighted by molar-refractivity contribution is 8.77. The van der Waals surface area contributed by atoms with Crippen molar-refractivity contribution in [1.82, 2.24) is 10.6 Å². The van der Waals surface area contributed by atoms with Crippen LogP contribution >= 0.6 is 21.6 Å². The Balaban J connectivity index is 4.43. The molecule has 0 saturated heterocycles. The van der Waals surface area contributed by atoms with E-state index in [-0.39, 0.29) is 42.3 Å². The lowest BCUT2D eigenvalue weighted by molar-refractivity contribution is -0.137. The molecule has 0 fully saturated rings. The van der Waals surface area contributed by atoms with E-state index in [4.69, 9.17) is 5.11 Å². The number of carbonyl (C=O) groups excluding carboxylic acids is 2. The van der Waals surface area contributed by atoms with E-state index >= 15 is 0 Å². The first-order chi connectivity index (χ1) is 12.9. The van der Waals surface area contributed by atoms with Crippen LogP contribution < -0.4 is 10.6 Å². The number of allylic oxidation sites excluding steroid dienone is 1. The van der Waals surface area contributed by atoms with Gasteiger partial charge in [0.05, 0.1) is 0 Å². The molecule has 0 saturated carbocycles. The van der Waals surface area contributed by atoms with Crippen LogP contribution in [0.3, 0.4) is 0 Å². The smallest absolute Gasteiger partial charge is 0.303 e. The van der Waals surface area contributed by atoms with E-state index in [1.807, 2.05) is 13.8 Å². The second-order valence-electron chi connectivity index (χ2n) is 6.43. The van der Waals surface area contributed by atoms with E-state index in [0.717, 1.165) is 0 Å². The lowest BCUT2D eigenvalue weighted by Crippen LogP contribution is -2.43. The van der Waals surface area contributed by atoms with Crippen LogP contribution in [-0.2, 0) is 24.5 Å². The van der Waals surface area contributed by atoms with Gasteiger partial charge in [0, 0.05) is 30.0 Å². The van der Waals surface area contributed by atoms with Gasteiger partial charge in [0.15, 0.2) is 5.25 Å². The fourth-order valence-corrected chi connectivity index (χ4v) is 5.50. The van der Waals surface area contributed by atoms with Gasteiger partial charge in [0.25, 0.3) is 10.1 Å². The lowest BCUT2D eigenvalue weighted by atomic mass is 10.1. The zero-order valence-corrected chi connectivity index (χ0v) is 18.6. The Morgan fingerprint density at radius 3 is 2.32 bits per heavy atom. The molecule has 0 rings (SSSR count). The van der Waals surface area contributed by atoms with Gasteiger partial charge in [-0.1, -0.05) is 27.7 Å². The number of carboxylic acid groups (broad SMARTS) is 1. The molecule has 0 aromatic heterocycles. The van der Waals surface area contributed by atoms with Crippen LogP contribution in [0.5, 0.6) is 0 Å². The van der Waals surface area contributed by atoms with Crippen LogP contribution in [0.4, 0.5) is 0 Å². The molecule has 9 nitrogen and oxygen atoms in total. The summed E-state index contributed by atoms with van der Waals surface area (Å²) >= 11 is 0. The number of amides is 2. The Bertz CT molecular complexity index is 663. The first-order valence-electron chi connectivity index (χ1n) is 8.56. The maximum atomic E-state index is 12.1. The molecule has 0 aliphatic rings. The minimum Gasteiger partial charge on any atom is -0.481 e. The van der Waals surface area contributed by atoms with Crippen molar-refractivity contribution in [2.45, 2.75) is 50.0 Å². The minimum atomic E-state index is -4.57. The van der Waals surface area contributed by atoms with Crippen molar-refractivity contribution in [1.29, 1.82) is 0 Å².